The molecule has 100 valence electrons. The Morgan fingerprint density at radius 1 is 1.58 bits per heavy atom. The van der Waals surface area contributed by atoms with Gasteiger partial charge in [-0.3, -0.25) is 4.79 Å². The molecule has 2 rings (SSSR count). The van der Waals surface area contributed by atoms with Crippen molar-refractivity contribution in [2.45, 2.75) is 13.5 Å². The Balaban J connectivity index is 2.26. The lowest BCUT2D eigenvalue weighted by Crippen LogP contribution is -2.15. The van der Waals surface area contributed by atoms with Crippen LogP contribution < -0.4 is 11.1 Å². The van der Waals surface area contributed by atoms with Crippen molar-refractivity contribution in [1.82, 2.24) is 9.59 Å². The van der Waals surface area contributed by atoms with Gasteiger partial charge in [-0.2, -0.15) is 0 Å². The number of carbonyl (C=O) groups is 1. The third-order valence-electron chi connectivity index (χ3n) is 2.52. The molecule has 0 unspecified atom stereocenters. The lowest BCUT2D eigenvalue weighted by molar-refractivity contribution is 0.100. The molecule has 1 aromatic heterocycles. The molecule has 0 spiro atoms. The molecule has 0 aliphatic heterocycles. The summed E-state index contributed by atoms with van der Waals surface area (Å²) in [6.45, 7) is 1.88. The van der Waals surface area contributed by atoms with Crippen molar-refractivity contribution in [3.8, 4) is 0 Å². The lowest BCUT2D eigenvalue weighted by atomic mass is 10.1. The normalized spacial score (nSPS) is 10.5. The van der Waals surface area contributed by atoms with Crippen LogP contribution in [-0.4, -0.2) is 15.5 Å². The Morgan fingerprint density at radius 3 is 2.89 bits per heavy atom. The maximum Gasteiger partial charge on any atom is 0.250 e. The van der Waals surface area contributed by atoms with Crippen LogP contribution in [0.4, 0.5) is 10.1 Å². The van der Waals surface area contributed by atoms with Gasteiger partial charge in [0.15, 0.2) is 0 Å². The van der Waals surface area contributed by atoms with E-state index in [1.807, 2.05) is 0 Å². The van der Waals surface area contributed by atoms with E-state index >= 15 is 0 Å². The molecule has 19 heavy (non-hydrogen) atoms. The molecule has 0 atom stereocenters. The number of hydrogen-bond donors (Lipinski definition) is 2. The van der Waals surface area contributed by atoms with Crippen LogP contribution in [0.15, 0.2) is 12.1 Å². The molecule has 8 heteroatoms. The van der Waals surface area contributed by atoms with Crippen molar-refractivity contribution in [3.63, 3.8) is 0 Å². The molecule has 1 aromatic carbocycles. The number of halogens is 2. The second-order valence-electron chi connectivity index (χ2n) is 3.86. The zero-order valence-electron chi connectivity index (χ0n) is 9.91. The molecule has 0 fully saturated rings. The van der Waals surface area contributed by atoms with Gasteiger partial charge < -0.3 is 11.1 Å². The first kappa shape index (κ1) is 13.7. The average molecular weight is 301 g/mol. The van der Waals surface area contributed by atoms with Gasteiger partial charge in [-0.25, -0.2) is 4.39 Å². The Kier molecular flexibility index (Phi) is 3.96. The lowest BCUT2D eigenvalue weighted by Gasteiger charge is -2.10. The third kappa shape index (κ3) is 2.99. The molecule has 0 bridgehead atoms. The fourth-order valence-electron chi connectivity index (χ4n) is 1.51. The average Bonchev–Trinajstić information content (AvgIpc) is 2.75. The fraction of sp³-hybridized carbons (Fsp3) is 0.182. The highest BCUT2D eigenvalue weighted by Crippen LogP contribution is 2.23. The number of nitrogens with zero attached hydrogens (tertiary/aromatic N) is 2. The molecule has 0 aliphatic carbocycles. The molecule has 0 radical (unpaired) electrons. The van der Waals surface area contributed by atoms with E-state index in [1.54, 1.807) is 6.92 Å². The second kappa shape index (κ2) is 5.50. The van der Waals surface area contributed by atoms with E-state index in [2.05, 4.69) is 14.9 Å². The first-order valence-corrected chi connectivity index (χ1v) is 6.44. The van der Waals surface area contributed by atoms with Crippen molar-refractivity contribution < 1.29 is 9.18 Å². The second-order valence-corrected chi connectivity index (χ2v) is 5.21. The number of primary amides is 1. The van der Waals surface area contributed by atoms with Gasteiger partial charge in [0.2, 0.25) is 0 Å². The summed E-state index contributed by atoms with van der Waals surface area (Å²) in [6, 6.07) is 2.63. The van der Waals surface area contributed by atoms with E-state index in [4.69, 9.17) is 17.3 Å². The van der Waals surface area contributed by atoms with Gasteiger partial charge in [-0.15, -0.1) is 5.10 Å². The highest BCUT2D eigenvalue weighted by Gasteiger charge is 2.13. The number of benzene rings is 1. The fourth-order valence-corrected chi connectivity index (χ4v) is 2.14. The number of nitrogens with two attached hydrogens (primary N) is 1. The minimum atomic E-state index is -0.705. The van der Waals surface area contributed by atoms with Gasteiger partial charge in [0, 0.05) is 17.2 Å². The first-order chi connectivity index (χ1) is 8.99. The van der Waals surface area contributed by atoms with Crippen molar-refractivity contribution in [2.24, 2.45) is 5.73 Å². The topological polar surface area (TPSA) is 80.9 Å². The quantitative estimate of drug-likeness (QED) is 0.908. The number of aryl methyl sites for hydroxylation is 1. The minimum Gasteiger partial charge on any atom is -0.379 e. The predicted octanol–water partition coefficient (Wildman–Crippen LogP) is 2.35. The van der Waals surface area contributed by atoms with Gasteiger partial charge in [0.25, 0.3) is 5.91 Å². The molecule has 1 heterocycles. The summed E-state index contributed by atoms with van der Waals surface area (Å²) in [5.41, 5.74) is 6.71. The summed E-state index contributed by atoms with van der Waals surface area (Å²) in [5.74, 6) is -1.18. The van der Waals surface area contributed by atoms with Gasteiger partial charge in [0.05, 0.1) is 12.1 Å². The summed E-state index contributed by atoms with van der Waals surface area (Å²) in [5, 5.41) is 6.79. The monoisotopic (exact) mass is 300 g/mol. The van der Waals surface area contributed by atoms with E-state index in [0.717, 1.165) is 17.6 Å². The van der Waals surface area contributed by atoms with Gasteiger partial charge >= 0.3 is 0 Å². The zero-order chi connectivity index (χ0) is 14.0. The molecule has 0 aliphatic rings. The standard InChI is InChI=1S/C11H10ClFN4OS/c1-5-2-8(6(11(14)18)3-7(5)13)15-4-9-10(12)19-17-16-9/h2-3,15H,4H2,1H3,(H2,14,18). The largest absolute Gasteiger partial charge is 0.379 e. The van der Waals surface area contributed by atoms with Crippen LogP contribution in [0.25, 0.3) is 0 Å². The Hall–Kier alpha value is -1.73. The molecular formula is C11H10ClFN4OS. The Morgan fingerprint density at radius 2 is 2.32 bits per heavy atom. The van der Waals surface area contributed by atoms with E-state index in [-0.39, 0.29) is 12.1 Å². The summed E-state index contributed by atoms with van der Waals surface area (Å²) in [6.07, 6.45) is 0. The smallest absolute Gasteiger partial charge is 0.250 e. The summed E-state index contributed by atoms with van der Waals surface area (Å²) >= 11 is 6.94. The van der Waals surface area contributed by atoms with Crippen molar-refractivity contribution in [1.29, 1.82) is 0 Å². The van der Waals surface area contributed by atoms with E-state index < -0.39 is 11.7 Å². The number of aromatic nitrogens is 2. The van der Waals surface area contributed by atoms with E-state index in [1.165, 1.54) is 6.07 Å². The maximum absolute atomic E-state index is 13.4. The minimum absolute atomic E-state index is 0.0856. The zero-order valence-corrected chi connectivity index (χ0v) is 11.5. The van der Waals surface area contributed by atoms with Crippen molar-refractivity contribution in [2.75, 3.05) is 5.32 Å². The van der Waals surface area contributed by atoms with Crippen LogP contribution in [0.2, 0.25) is 4.34 Å². The molecule has 2 aromatic rings. The van der Waals surface area contributed by atoms with Crippen molar-refractivity contribution >= 4 is 34.7 Å². The number of nitrogens with one attached hydrogen (secondary N) is 1. The number of rotatable bonds is 4. The predicted molar refractivity (Wildman–Crippen MR) is 71.9 cm³/mol. The Bertz CT molecular complexity index is 631. The highest BCUT2D eigenvalue weighted by molar-refractivity contribution is 7.10. The molecule has 5 nitrogen and oxygen atoms in total. The number of carbonyl (C=O) groups excluding carboxylic acids is 1. The summed E-state index contributed by atoms with van der Waals surface area (Å²) in [4.78, 5) is 11.3. The number of anilines is 1. The number of hydrogen-bond acceptors (Lipinski definition) is 5. The van der Waals surface area contributed by atoms with E-state index in [9.17, 15) is 9.18 Å². The molecular weight excluding hydrogens is 291 g/mol. The van der Waals surface area contributed by atoms with Crippen LogP contribution in [0, 0.1) is 12.7 Å². The van der Waals surface area contributed by atoms with Crippen molar-refractivity contribution in [3.05, 3.63) is 39.1 Å². The molecule has 1 amide bonds. The summed E-state index contributed by atoms with van der Waals surface area (Å²) in [7, 11) is 0. The van der Waals surface area contributed by atoms with Crippen LogP contribution in [0.3, 0.4) is 0 Å². The SMILES string of the molecule is Cc1cc(NCc2nnsc2Cl)c(C(N)=O)cc1F. The Labute approximate surface area is 117 Å². The van der Waals surface area contributed by atoms with Gasteiger partial charge in [-0.05, 0) is 24.6 Å². The summed E-state index contributed by atoms with van der Waals surface area (Å²) < 4.78 is 17.6. The van der Waals surface area contributed by atoms with Crippen LogP contribution in [0.1, 0.15) is 21.6 Å². The third-order valence-corrected chi connectivity index (χ3v) is 3.50. The van der Waals surface area contributed by atoms with Gasteiger partial charge in [-0.1, -0.05) is 16.1 Å². The van der Waals surface area contributed by atoms with Crippen LogP contribution in [-0.2, 0) is 6.54 Å². The molecule has 3 N–H and O–H groups in total. The van der Waals surface area contributed by atoms with Crippen LogP contribution in [0.5, 0.6) is 0 Å². The number of amides is 1. The van der Waals surface area contributed by atoms with E-state index in [0.29, 0.717) is 21.3 Å². The van der Waals surface area contributed by atoms with Crippen LogP contribution >= 0.6 is 23.1 Å². The van der Waals surface area contributed by atoms with Gasteiger partial charge in [0.1, 0.15) is 15.8 Å². The maximum atomic E-state index is 13.4. The molecule has 0 saturated heterocycles. The first-order valence-electron chi connectivity index (χ1n) is 5.29. The molecule has 0 saturated carbocycles. The highest BCUT2D eigenvalue weighted by atomic mass is 35.5.